The van der Waals surface area contributed by atoms with Gasteiger partial charge in [0.1, 0.15) is 5.82 Å². The van der Waals surface area contributed by atoms with Gasteiger partial charge >= 0.3 is 5.97 Å². The van der Waals surface area contributed by atoms with E-state index in [1.807, 2.05) is 12.1 Å². The average molecular weight is 264 g/mol. The summed E-state index contributed by atoms with van der Waals surface area (Å²) in [7, 11) is 1.67. The van der Waals surface area contributed by atoms with Crippen LogP contribution in [0.2, 0.25) is 0 Å². The van der Waals surface area contributed by atoms with Gasteiger partial charge in [-0.2, -0.15) is 0 Å². The highest BCUT2D eigenvalue weighted by molar-refractivity contribution is 5.85. The lowest BCUT2D eigenvalue weighted by Gasteiger charge is -2.27. The molecule has 0 aliphatic carbocycles. The molecule has 0 amide bonds. The van der Waals surface area contributed by atoms with Crippen molar-refractivity contribution in [2.45, 2.75) is 19.9 Å². The van der Waals surface area contributed by atoms with E-state index < -0.39 is 5.97 Å². The summed E-state index contributed by atoms with van der Waals surface area (Å²) in [4.78, 5) is 16.9. The normalized spacial score (nSPS) is 11.2. The first-order valence-electron chi connectivity index (χ1n) is 6.17. The van der Waals surface area contributed by atoms with Gasteiger partial charge in [-0.15, -0.1) is 0 Å². The van der Waals surface area contributed by atoms with Crippen LogP contribution < -0.4 is 4.90 Å². The van der Waals surface area contributed by atoms with E-state index in [1.165, 1.54) is 6.08 Å². The molecule has 0 fully saturated rings. The number of anilines is 1. The first-order valence-corrected chi connectivity index (χ1v) is 6.17. The molecule has 1 aromatic rings. The molecule has 104 valence electrons. The quantitative estimate of drug-likeness (QED) is 0.764. The predicted molar refractivity (Wildman–Crippen MR) is 75.3 cm³/mol. The number of rotatable bonds is 7. The Labute approximate surface area is 113 Å². The molecule has 5 heteroatoms. The molecule has 0 saturated heterocycles. The highest BCUT2D eigenvalue weighted by atomic mass is 16.5. The lowest BCUT2D eigenvalue weighted by Crippen LogP contribution is -2.34. The van der Waals surface area contributed by atoms with Crippen molar-refractivity contribution in [2.24, 2.45) is 0 Å². The number of pyridine rings is 1. The Hall–Kier alpha value is -1.88. The van der Waals surface area contributed by atoms with Crippen LogP contribution in [-0.2, 0) is 9.53 Å². The summed E-state index contributed by atoms with van der Waals surface area (Å²) >= 11 is 0. The largest absolute Gasteiger partial charge is 0.478 e. The first kappa shape index (κ1) is 15.2. The molecule has 0 atom stereocenters. The fourth-order valence-corrected chi connectivity index (χ4v) is 1.66. The van der Waals surface area contributed by atoms with Crippen LogP contribution in [0.5, 0.6) is 0 Å². The molecular weight excluding hydrogens is 244 g/mol. The summed E-state index contributed by atoms with van der Waals surface area (Å²) in [6, 6.07) is 4.06. The van der Waals surface area contributed by atoms with Gasteiger partial charge in [0.05, 0.1) is 6.61 Å². The van der Waals surface area contributed by atoms with Gasteiger partial charge < -0.3 is 14.7 Å². The highest BCUT2D eigenvalue weighted by Gasteiger charge is 2.10. The molecule has 0 radical (unpaired) electrons. The second-order valence-corrected chi connectivity index (χ2v) is 4.40. The van der Waals surface area contributed by atoms with Crippen LogP contribution in [0.15, 0.2) is 24.4 Å². The molecule has 0 saturated carbocycles. The molecule has 1 N–H and O–H groups in total. The van der Waals surface area contributed by atoms with Crippen molar-refractivity contribution in [1.29, 1.82) is 0 Å². The topological polar surface area (TPSA) is 62.7 Å². The van der Waals surface area contributed by atoms with E-state index in [2.05, 4.69) is 23.7 Å². The zero-order valence-electron chi connectivity index (χ0n) is 11.5. The van der Waals surface area contributed by atoms with Crippen molar-refractivity contribution in [2.75, 3.05) is 25.2 Å². The minimum Gasteiger partial charge on any atom is -0.478 e. The maximum Gasteiger partial charge on any atom is 0.328 e. The van der Waals surface area contributed by atoms with Crippen LogP contribution >= 0.6 is 0 Å². The fourth-order valence-electron chi connectivity index (χ4n) is 1.66. The second kappa shape index (κ2) is 7.53. The fraction of sp³-hybridized carbons (Fsp3) is 0.429. The Morgan fingerprint density at radius 2 is 2.26 bits per heavy atom. The Bertz CT molecular complexity index is 427. The molecule has 19 heavy (non-hydrogen) atoms. The number of aromatic nitrogens is 1. The third kappa shape index (κ3) is 5.09. The van der Waals surface area contributed by atoms with Crippen molar-refractivity contribution in [3.05, 3.63) is 30.0 Å². The van der Waals surface area contributed by atoms with Crippen molar-refractivity contribution in [3.63, 3.8) is 0 Å². The maximum atomic E-state index is 10.4. The number of hydrogen-bond donors (Lipinski definition) is 1. The molecule has 0 aromatic carbocycles. The zero-order chi connectivity index (χ0) is 14.3. The first-order chi connectivity index (χ1) is 9.04. The van der Waals surface area contributed by atoms with E-state index in [1.54, 1.807) is 13.3 Å². The van der Waals surface area contributed by atoms with E-state index in [4.69, 9.17) is 9.84 Å². The number of nitrogens with zero attached hydrogens (tertiary/aromatic N) is 2. The molecule has 5 nitrogen and oxygen atoms in total. The van der Waals surface area contributed by atoms with Gasteiger partial charge in [0.25, 0.3) is 0 Å². The molecule has 0 bridgehead atoms. The minimum atomic E-state index is -0.965. The Balaban J connectivity index is 2.80. The number of carbonyl (C=O) groups is 1. The summed E-state index contributed by atoms with van der Waals surface area (Å²) in [5.41, 5.74) is 0.765. The molecule has 0 aliphatic rings. The van der Waals surface area contributed by atoms with Gasteiger partial charge in [-0.25, -0.2) is 9.78 Å². The summed E-state index contributed by atoms with van der Waals surface area (Å²) in [5.74, 6) is -0.104. The van der Waals surface area contributed by atoms with Crippen molar-refractivity contribution < 1.29 is 14.6 Å². The number of aliphatic carboxylic acids is 1. The monoisotopic (exact) mass is 264 g/mol. The number of methoxy groups -OCH3 is 1. The molecule has 1 rings (SSSR count). The van der Waals surface area contributed by atoms with E-state index in [0.717, 1.165) is 24.0 Å². The van der Waals surface area contributed by atoms with Crippen LogP contribution in [0.4, 0.5) is 5.82 Å². The highest BCUT2D eigenvalue weighted by Crippen LogP contribution is 2.14. The molecule has 0 aliphatic heterocycles. The summed E-state index contributed by atoms with van der Waals surface area (Å²) in [6.07, 6.45) is 4.28. The molecule has 0 unspecified atom stereocenters. The number of carboxylic acid groups (broad SMARTS) is 1. The second-order valence-electron chi connectivity index (χ2n) is 4.40. The van der Waals surface area contributed by atoms with Crippen LogP contribution in [0.3, 0.4) is 0 Å². The SMILES string of the molecule is COCCN(c1ccc(/C=C/C(=O)O)cn1)C(C)C. The van der Waals surface area contributed by atoms with E-state index in [9.17, 15) is 4.79 Å². The van der Waals surface area contributed by atoms with E-state index in [0.29, 0.717) is 12.6 Å². The van der Waals surface area contributed by atoms with Crippen LogP contribution in [-0.4, -0.2) is 42.4 Å². The maximum absolute atomic E-state index is 10.4. The summed E-state index contributed by atoms with van der Waals surface area (Å²) < 4.78 is 5.09. The number of carboxylic acids is 1. The van der Waals surface area contributed by atoms with Gasteiger partial charge in [-0.3, -0.25) is 0 Å². The van der Waals surface area contributed by atoms with Gasteiger partial charge in [-0.1, -0.05) is 0 Å². The third-order valence-corrected chi connectivity index (χ3v) is 2.64. The van der Waals surface area contributed by atoms with Crippen LogP contribution in [0.25, 0.3) is 6.08 Å². The smallest absolute Gasteiger partial charge is 0.328 e. The molecule has 1 heterocycles. The Morgan fingerprint density at radius 3 is 2.74 bits per heavy atom. The predicted octanol–water partition coefficient (Wildman–Crippen LogP) is 2.04. The number of ether oxygens (including phenoxy) is 1. The van der Waals surface area contributed by atoms with Gasteiger partial charge in [0, 0.05) is 32.0 Å². The minimum absolute atomic E-state index is 0.322. The molecule has 0 spiro atoms. The zero-order valence-corrected chi connectivity index (χ0v) is 11.5. The standard InChI is InChI=1S/C14H20N2O3/c1-11(2)16(8-9-19-3)13-6-4-12(10-15-13)5-7-14(17)18/h4-7,10-11H,8-9H2,1-3H3,(H,17,18)/b7-5+. The van der Waals surface area contributed by atoms with Gasteiger partial charge in [-0.05, 0) is 37.6 Å². The van der Waals surface area contributed by atoms with Crippen LogP contribution in [0, 0.1) is 0 Å². The van der Waals surface area contributed by atoms with Crippen molar-refractivity contribution in [3.8, 4) is 0 Å². The van der Waals surface area contributed by atoms with Gasteiger partial charge in [0.2, 0.25) is 0 Å². The van der Waals surface area contributed by atoms with Gasteiger partial charge in [0.15, 0.2) is 0 Å². The van der Waals surface area contributed by atoms with E-state index >= 15 is 0 Å². The number of hydrogen-bond acceptors (Lipinski definition) is 4. The third-order valence-electron chi connectivity index (χ3n) is 2.64. The van der Waals surface area contributed by atoms with Crippen molar-refractivity contribution >= 4 is 17.9 Å². The molecular formula is C14H20N2O3. The average Bonchev–Trinajstić information content (AvgIpc) is 2.37. The Morgan fingerprint density at radius 1 is 1.53 bits per heavy atom. The van der Waals surface area contributed by atoms with Crippen molar-refractivity contribution in [1.82, 2.24) is 4.98 Å². The summed E-state index contributed by atoms with van der Waals surface area (Å²) in [6.45, 7) is 5.59. The lowest BCUT2D eigenvalue weighted by atomic mass is 10.2. The van der Waals surface area contributed by atoms with Crippen LogP contribution in [0.1, 0.15) is 19.4 Å². The lowest BCUT2D eigenvalue weighted by molar-refractivity contribution is -0.131. The summed E-state index contributed by atoms with van der Waals surface area (Å²) in [5, 5.41) is 8.56. The van der Waals surface area contributed by atoms with E-state index in [-0.39, 0.29) is 0 Å². The Kier molecular flexibility index (Phi) is 6.02. The molecule has 1 aromatic heterocycles.